The van der Waals surface area contributed by atoms with Crippen LogP contribution in [0.3, 0.4) is 0 Å². The Morgan fingerprint density at radius 2 is 1.07 bits per heavy atom. The molecule has 0 saturated carbocycles. The summed E-state index contributed by atoms with van der Waals surface area (Å²) in [6.45, 7) is 13.3. The van der Waals surface area contributed by atoms with E-state index in [1.54, 1.807) is 0 Å². The summed E-state index contributed by atoms with van der Waals surface area (Å²) in [5.74, 6) is 0. The van der Waals surface area contributed by atoms with Crippen LogP contribution in [-0.2, 0) is 0 Å². The lowest BCUT2D eigenvalue weighted by Gasteiger charge is -2.17. The molecule has 0 heterocycles. The Morgan fingerprint density at radius 1 is 0.714 bits per heavy atom. The molecule has 0 nitrogen and oxygen atoms in total. The molecular weight excluding hydrogens is 168 g/mol. The van der Waals surface area contributed by atoms with Crippen molar-refractivity contribution in [1.29, 1.82) is 0 Å². The van der Waals surface area contributed by atoms with E-state index in [0.29, 0.717) is 0 Å². The minimum atomic E-state index is 1.11. The molecule has 77 valence electrons. The normalized spacial score (nSPS) is 10.7. The fourth-order valence-corrected chi connectivity index (χ4v) is 2.04. The van der Waals surface area contributed by atoms with Gasteiger partial charge in [0.1, 0.15) is 0 Å². The van der Waals surface area contributed by atoms with Crippen LogP contribution in [0, 0.1) is 41.0 Å². The molecule has 14 heavy (non-hydrogen) atoms. The molecular formula is C14H21. The van der Waals surface area contributed by atoms with E-state index in [1.165, 1.54) is 33.4 Å². The molecule has 0 spiro atoms. The Labute approximate surface area is 88.4 Å². The summed E-state index contributed by atoms with van der Waals surface area (Å²) in [6.07, 6.45) is 3.45. The molecule has 0 heteroatoms. The minimum Gasteiger partial charge on any atom is -0.0648 e. The molecule has 1 aromatic rings. The highest BCUT2D eigenvalue weighted by Crippen LogP contribution is 2.27. The highest BCUT2D eigenvalue weighted by molar-refractivity contribution is 5.52. The maximum Gasteiger partial charge on any atom is -0.00902 e. The van der Waals surface area contributed by atoms with Gasteiger partial charge in [-0.05, 0) is 80.8 Å². The summed E-state index contributed by atoms with van der Waals surface area (Å²) in [6, 6.07) is 0. The van der Waals surface area contributed by atoms with E-state index in [2.05, 4.69) is 48.0 Å². The van der Waals surface area contributed by atoms with Crippen LogP contribution < -0.4 is 0 Å². The molecule has 0 atom stereocenters. The van der Waals surface area contributed by atoms with E-state index in [4.69, 9.17) is 0 Å². The number of hydrogen-bond donors (Lipinski definition) is 0. The average Bonchev–Trinajstić information content (AvgIpc) is 2.19. The van der Waals surface area contributed by atoms with Crippen LogP contribution >= 0.6 is 0 Å². The predicted molar refractivity (Wildman–Crippen MR) is 63.8 cm³/mol. The first-order valence-electron chi connectivity index (χ1n) is 5.40. The largest absolute Gasteiger partial charge is 0.0648 e. The van der Waals surface area contributed by atoms with Gasteiger partial charge in [0.25, 0.3) is 0 Å². The highest BCUT2D eigenvalue weighted by atomic mass is 14.2. The maximum absolute atomic E-state index is 2.34. The van der Waals surface area contributed by atoms with Crippen LogP contribution in [0.1, 0.15) is 46.7 Å². The van der Waals surface area contributed by atoms with E-state index >= 15 is 0 Å². The smallest absolute Gasteiger partial charge is 0.00902 e. The second kappa shape index (κ2) is 4.16. The van der Waals surface area contributed by atoms with E-state index in [-0.39, 0.29) is 0 Å². The van der Waals surface area contributed by atoms with Gasteiger partial charge in [-0.25, -0.2) is 0 Å². The molecule has 0 amide bonds. The van der Waals surface area contributed by atoms with E-state index < -0.39 is 0 Å². The van der Waals surface area contributed by atoms with E-state index in [9.17, 15) is 0 Å². The molecule has 0 aliphatic heterocycles. The zero-order chi connectivity index (χ0) is 10.9. The lowest BCUT2D eigenvalue weighted by molar-refractivity contribution is 1.06. The number of benzene rings is 1. The van der Waals surface area contributed by atoms with Crippen LogP contribution in [0.15, 0.2) is 0 Å². The zero-order valence-electron chi connectivity index (χ0n) is 10.3. The van der Waals surface area contributed by atoms with Gasteiger partial charge >= 0.3 is 0 Å². The summed E-state index contributed by atoms with van der Waals surface area (Å²) in [7, 11) is 0. The summed E-state index contributed by atoms with van der Waals surface area (Å²) in [5.41, 5.74) is 8.71. The lowest BCUT2D eigenvalue weighted by atomic mass is 9.88. The molecule has 0 aromatic heterocycles. The van der Waals surface area contributed by atoms with Crippen LogP contribution in [0.2, 0.25) is 0 Å². The Hall–Kier alpha value is -0.780. The van der Waals surface area contributed by atoms with Gasteiger partial charge in [0.2, 0.25) is 0 Å². The zero-order valence-corrected chi connectivity index (χ0v) is 10.3. The monoisotopic (exact) mass is 189 g/mol. The van der Waals surface area contributed by atoms with E-state index in [1.807, 2.05) is 0 Å². The molecule has 0 N–H and O–H groups in total. The third-order valence-corrected chi connectivity index (χ3v) is 3.47. The summed E-state index contributed by atoms with van der Waals surface area (Å²) in [4.78, 5) is 0. The van der Waals surface area contributed by atoms with Crippen LogP contribution in [0.4, 0.5) is 0 Å². The minimum absolute atomic E-state index is 1.11. The van der Waals surface area contributed by atoms with Crippen molar-refractivity contribution < 1.29 is 0 Å². The van der Waals surface area contributed by atoms with Crippen molar-refractivity contribution in [2.45, 2.75) is 48.0 Å². The molecule has 1 radical (unpaired) electrons. The van der Waals surface area contributed by atoms with Crippen molar-refractivity contribution in [2.75, 3.05) is 0 Å². The first-order chi connectivity index (χ1) is 6.50. The predicted octanol–water partition coefficient (Wildman–Crippen LogP) is 4.19. The third-order valence-electron chi connectivity index (χ3n) is 3.47. The number of hydrogen-bond acceptors (Lipinski definition) is 0. The quantitative estimate of drug-likeness (QED) is 0.654. The molecule has 1 aromatic carbocycles. The molecule has 0 aliphatic carbocycles. The molecule has 0 fully saturated rings. The Morgan fingerprint density at radius 3 is 1.43 bits per heavy atom. The van der Waals surface area contributed by atoms with Gasteiger partial charge in [0.05, 0.1) is 0 Å². The Bertz CT molecular complexity index is 317. The SMILES string of the molecule is CC[CH]c1c(C)c(C)c(C)c(C)c1C. The standard InChI is InChI=1S/C14H21/c1-7-8-14-12(5)10(3)9(2)11(4)13(14)6/h8H,7H2,1-6H3. The Balaban J connectivity index is 3.43. The van der Waals surface area contributed by atoms with Crippen molar-refractivity contribution in [3.05, 3.63) is 39.8 Å². The van der Waals surface area contributed by atoms with Crippen molar-refractivity contribution in [3.8, 4) is 0 Å². The highest BCUT2D eigenvalue weighted by Gasteiger charge is 2.10. The molecule has 1 rings (SSSR count). The molecule has 0 unspecified atom stereocenters. The van der Waals surface area contributed by atoms with Crippen molar-refractivity contribution in [1.82, 2.24) is 0 Å². The van der Waals surface area contributed by atoms with Gasteiger partial charge in [-0.3, -0.25) is 0 Å². The fourth-order valence-electron chi connectivity index (χ4n) is 2.04. The van der Waals surface area contributed by atoms with Gasteiger partial charge < -0.3 is 0 Å². The van der Waals surface area contributed by atoms with Crippen LogP contribution in [0.5, 0.6) is 0 Å². The van der Waals surface area contributed by atoms with Crippen molar-refractivity contribution in [3.63, 3.8) is 0 Å². The number of rotatable bonds is 2. The second-order valence-corrected chi connectivity index (χ2v) is 4.15. The molecule has 0 saturated heterocycles. The average molecular weight is 189 g/mol. The summed E-state index contributed by atoms with van der Waals surface area (Å²) < 4.78 is 0. The lowest BCUT2D eigenvalue weighted by Crippen LogP contribution is -2.01. The first kappa shape index (κ1) is 11.3. The van der Waals surface area contributed by atoms with E-state index in [0.717, 1.165) is 6.42 Å². The second-order valence-electron chi connectivity index (χ2n) is 4.15. The summed E-state index contributed by atoms with van der Waals surface area (Å²) >= 11 is 0. The fraction of sp³-hybridized carbons (Fsp3) is 0.500. The first-order valence-corrected chi connectivity index (χ1v) is 5.40. The third kappa shape index (κ3) is 1.70. The van der Waals surface area contributed by atoms with Crippen LogP contribution in [0.25, 0.3) is 0 Å². The van der Waals surface area contributed by atoms with Crippen LogP contribution in [-0.4, -0.2) is 0 Å². The topological polar surface area (TPSA) is 0 Å². The summed E-state index contributed by atoms with van der Waals surface area (Å²) in [5, 5.41) is 0. The molecule has 0 aliphatic rings. The van der Waals surface area contributed by atoms with Gasteiger partial charge in [0.15, 0.2) is 0 Å². The maximum atomic E-state index is 2.34. The van der Waals surface area contributed by atoms with Gasteiger partial charge in [0, 0.05) is 0 Å². The Kier molecular flexibility index (Phi) is 3.36. The van der Waals surface area contributed by atoms with Crippen molar-refractivity contribution in [2.24, 2.45) is 0 Å². The molecule has 0 bridgehead atoms. The van der Waals surface area contributed by atoms with Crippen molar-refractivity contribution >= 4 is 0 Å². The van der Waals surface area contributed by atoms with Gasteiger partial charge in [-0.2, -0.15) is 0 Å². The van der Waals surface area contributed by atoms with Gasteiger partial charge in [-0.15, -0.1) is 0 Å². The van der Waals surface area contributed by atoms with Gasteiger partial charge in [-0.1, -0.05) is 6.92 Å².